The molecule has 0 saturated heterocycles. The second-order valence-corrected chi connectivity index (χ2v) is 11.9. The molecule has 0 aliphatic carbocycles. The Kier molecular flexibility index (Phi) is 8.33. The lowest BCUT2D eigenvalue weighted by molar-refractivity contribution is 0.0734. The van der Waals surface area contributed by atoms with Crippen molar-refractivity contribution >= 4 is 10.0 Å². The maximum absolute atomic E-state index is 13.7. The number of sulfonamides is 1. The van der Waals surface area contributed by atoms with Gasteiger partial charge in [0.1, 0.15) is 22.6 Å². The highest BCUT2D eigenvalue weighted by atomic mass is 32.2. The molecule has 0 bridgehead atoms. The van der Waals surface area contributed by atoms with Gasteiger partial charge in [-0.2, -0.15) is 4.31 Å². The lowest BCUT2D eigenvalue weighted by Crippen LogP contribution is -2.49. The minimum atomic E-state index is -3.90. The number of nitrogens with zero attached hydrogens (tertiary/aromatic N) is 2. The summed E-state index contributed by atoms with van der Waals surface area (Å²) in [4.78, 5) is 2.19. The van der Waals surface area contributed by atoms with Crippen molar-refractivity contribution in [3.8, 4) is 16.9 Å². The Bertz CT molecular complexity index is 1310. The summed E-state index contributed by atoms with van der Waals surface area (Å²) in [6, 6.07) is 19.1. The van der Waals surface area contributed by atoms with Crippen molar-refractivity contribution in [2.75, 3.05) is 26.7 Å². The van der Waals surface area contributed by atoms with Crippen LogP contribution in [0, 0.1) is 18.7 Å². The summed E-state index contributed by atoms with van der Waals surface area (Å²) in [5, 5.41) is 9.85. The van der Waals surface area contributed by atoms with Crippen molar-refractivity contribution in [3.63, 3.8) is 0 Å². The number of aliphatic hydroxyl groups is 1. The van der Waals surface area contributed by atoms with E-state index in [0.29, 0.717) is 18.8 Å². The number of hydrogen-bond donors (Lipinski definition) is 1. The fourth-order valence-electron chi connectivity index (χ4n) is 4.64. The maximum atomic E-state index is 13.7. The van der Waals surface area contributed by atoms with Gasteiger partial charge < -0.3 is 9.84 Å². The number of hydrogen-bond acceptors (Lipinski definition) is 5. The lowest BCUT2D eigenvalue weighted by Gasteiger charge is -2.37. The third kappa shape index (κ3) is 6.21. The Balaban J connectivity index is 1.70. The molecular weight excluding hydrogens is 491 g/mol. The van der Waals surface area contributed by atoms with Gasteiger partial charge in [-0.3, -0.25) is 4.90 Å². The molecule has 3 aromatic rings. The van der Waals surface area contributed by atoms with Crippen LogP contribution in [0.5, 0.6) is 5.75 Å². The van der Waals surface area contributed by atoms with E-state index in [1.54, 1.807) is 37.3 Å². The first-order valence-electron chi connectivity index (χ1n) is 12.5. The third-order valence-corrected chi connectivity index (χ3v) is 8.93. The Hall–Kier alpha value is -2.78. The van der Waals surface area contributed by atoms with Crippen LogP contribution in [0.15, 0.2) is 71.6 Å². The molecule has 198 valence electrons. The van der Waals surface area contributed by atoms with Gasteiger partial charge in [0, 0.05) is 31.6 Å². The van der Waals surface area contributed by atoms with E-state index >= 15 is 0 Å². The van der Waals surface area contributed by atoms with Gasteiger partial charge in [0.05, 0.1) is 6.61 Å². The zero-order valence-electron chi connectivity index (χ0n) is 21.8. The molecule has 0 spiro atoms. The smallest absolute Gasteiger partial charge is 0.247 e. The fraction of sp³-hybridized carbons (Fsp3) is 0.379. The molecule has 1 aliphatic heterocycles. The first-order valence-corrected chi connectivity index (χ1v) is 14.0. The van der Waals surface area contributed by atoms with E-state index in [1.807, 2.05) is 45.2 Å². The van der Waals surface area contributed by atoms with E-state index in [1.165, 1.54) is 16.4 Å². The van der Waals surface area contributed by atoms with Crippen molar-refractivity contribution in [1.82, 2.24) is 9.21 Å². The van der Waals surface area contributed by atoms with Gasteiger partial charge in [-0.05, 0) is 61.9 Å². The molecule has 0 amide bonds. The zero-order valence-corrected chi connectivity index (χ0v) is 22.6. The summed E-state index contributed by atoms with van der Waals surface area (Å²) >= 11 is 0. The molecule has 3 atom stereocenters. The number of aryl methyl sites for hydroxylation is 1. The van der Waals surface area contributed by atoms with Gasteiger partial charge in [-0.15, -0.1) is 0 Å². The van der Waals surface area contributed by atoms with Crippen molar-refractivity contribution in [2.45, 2.75) is 44.4 Å². The van der Waals surface area contributed by atoms with Crippen LogP contribution in [0.3, 0.4) is 0 Å². The number of ether oxygens (including phenoxy) is 1. The molecular formula is C29H35FN2O4S. The highest BCUT2D eigenvalue weighted by molar-refractivity contribution is 7.89. The third-order valence-electron chi connectivity index (χ3n) is 6.91. The van der Waals surface area contributed by atoms with Crippen molar-refractivity contribution in [3.05, 3.63) is 83.7 Å². The van der Waals surface area contributed by atoms with E-state index in [0.717, 1.165) is 22.3 Å². The number of fused-ring (bicyclic) bond motifs is 1. The van der Waals surface area contributed by atoms with Crippen LogP contribution in [-0.2, 0) is 16.6 Å². The van der Waals surface area contributed by atoms with E-state index in [2.05, 4.69) is 4.90 Å². The molecule has 0 saturated carbocycles. The molecule has 1 heterocycles. The summed E-state index contributed by atoms with van der Waals surface area (Å²) in [5.41, 5.74) is 3.94. The number of aliphatic hydroxyl groups excluding tert-OH is 1. The number of benzene rings is 3. The maximum Gasteiger partial charge on any atom is 0.247 e. The predicted octanol–water partition coefficient (Wildman–Crippen LogP) is 4.70. The van der Waals surface area contributed by atoms with Gasteiger partial charge in [0.25, 0.3) is 0 Å². The van der Waals surface area contributed by atoms with Gasteiger partial charge in [0.15, 0.2) is 0 Å². The Morgan fingerprint density at radius 1 is 1.08 bits per heavy atom. The molecule has 4 rings (SSSR count). The molecule has 6 nitrogen and oxygen atoms in total. The Morgan fingerprint density at radius 3 is 2.38 bits per heavy atom. The first-order chi connectivity index (χ1) is 17.6. The Labute approximate surface area is 219 Å². The van der Waals surface area contributed by atoms with E-state index in [4.69, 9.17) is 4.74 Å². The van der Waals surface area contributed by atoms with Gasteiger partial charge in [0.2, 0.25) is 10.0 Å². The summed E-state index contributed by atoms with van der Waals surface area (Å²) in [5.74, 6) is -0.126. The van der Waals surface area contributed by atoms with Crippen LogP contribution < -0.4 is 4.74 Å². The lowest BCUT2D eigenvalue weighted by atomic mass is 10.0. The van der Waals surface area contributed by atoms with Gasteiger partial charge in [-0.1, -0.05) is 55.0 Å². The van der Waals surface area contributed by atoms with Crippen LogP contribution in [0.4, 0.5) is 4.39 Å². The molecule has 0 aromatic heterocycles. The standard InChI is InChI=1S/C29H35FN2O4S/c1-20-5-9-24(10-6-20)25-11-14-29-27(15-25)36-28(18-31(4)17-23-7-12-26(30)13-8-23)21(2)16-32(22(3)19-33)37(29,34)35/h5-15,21-22,28,33H,16-19H2,1-4H3/t21-,22+,28-/m1/s1. The second-order valence-electron chi connectivity index (χ2n) is 10.1. The van der Waals surface area contributed by atoms with Crippen LogP contribution in [0.25, 0.3) is 11.1 Å². The highest BCUT2D eigenvalue weighted by Crippen LogP contribution is 2.36. The number of halogens is 1. The molecule has 0 fully saturated rings. The van der Waals surface area contributed by atoms with Crippen LogP contribution in [0.2, 0.25) is 0 Å². The number of rotatable bonds is 7. The summed E-state index contributed by atoms with van der Waals surface area (Å²) in [6.07, 6.45) is -0.318. The first kappa shape index (κ1) is 27.3. The molecule has 0 unspecified atom stereocenters. The minimum Gasteiger partial charge on any atom is -0.487 e. The van der Waals surface area contributed by atoms with Crippen molar-refractivity contribution < 1.29 is 22.7 Å². The van der Waals surface area contributed by atoms with Gasteiger partial charge in [-0.25, -0.2) is 12.8 Å². The highest BCUT2D eigenvalue weighted by Gasteiger charge is 2.38. The van der Waals surface area contributed by atoms with Crippen molar-refractivity contribution in [1.29, 1.82) is 0 Å². The largest absolute Gasteiger partial charge is 0.487 e. The molecule has 3 aromatic carbocycles. The second kappa shape index (κ2) is 11.3. The van der Waals surface area contributed by atoms with Gasteiger partial charge >= 0.3 is 0 Å². The molecule has 37 heavy (non-hydrogen) atoms. The average molecular weight is 527 g/mol. The number of likely N-dealkylation sites (N-methyl/N-ethyl adjacent to an activating group) is 1. The molecule has 1 N–H and O–H groups in total. The Morgan fingerprint density at radius 2 is 1.73 bits per heavy atom. The fourth-order valence-corrected chi connectivity index (χ4v) is 6.47. The van der Waals surface area contributed by atoms with E-state index in [9.17, 15) is 17.9 Å². The normalized spacial score (nSPS) is 20.5. The summed E-state index contributed by atoms with van der Waals surface area (Å²) in [7, 11) is -1.93. The van der Waals surface area contributed by atoms with Crippen LogP contribution >= 0.6 is 0 Å². The topological polar surface area (TPSA) is 70.1 Å². The monoisotopic (exact) mass is 526 g/mol. The molecule has 8 heteroatoms. The predicted molar refractivity (Wildman–Crippen MR) is 143 cm³/mol. The van der Waals surface area contributed by atoms with E-state index in [-0.39, 0.29) is 35.9 Å². The minimum absolute atomic E-state index is 0.0988. The molecule has 1 aliphatic rings. The average Bonchev–Trinajstić information content (AvgIpc) is 2.87. The summed E-state index contributed by atoms with van der Waals surface area (Å²) in [6.45, 7) is 6.77. The zero-order chi connectivity index (χ0) is 26.7. The van der Waals surface area contributed by atoms with Crippen LogP contribution in [0.1, 0.15) is 25.0 Å². The molecule has 0 radical (unpaired) electrons. The quantitative estimate of drug-likeness (QED) is 0.483. The summed E-state index contributed by atoms with van der Waals surface area (Å²) < 4.78 is 48.6. The SMILES string of the molecule is Cc1ccc(-c2ccc3c(c2)O[C@H](CN(C)Cc2ccc(F)cc2)[C@H](C)CN([C@@H](C)CO)S3(=O)=O)cc1. The van der Waals surface area contributed by atoms with Crippen LogP contribution in [-0.4, -0.2) is 61.6 Å². The van der Waals surface area contributed by atoms with E-state index < -0.39 is 16.1 Å². The van der Waals surface area contributed by atoms with Crippen molar-refractivity contribution in [2.24, 2.45) is 5.92 Å².